The van der Waals surface area contributed by atoms with E-state index in [9.17, 15) is 5.11 Å². The summed E-state index contributed by atoms with van der Waals surface area (Å²) >= 11 is 6.35. The molecule has 1 aliphatic rings. The lowest BCUT2D eigenvalue weighted by Crippen LogP contribution is -2.52. The first-order chi connectivity index (χ1) is 20.7. The number of nitrogens with zero attached hydrogens (tertiary/aromatic N) is 8. The van der Waals surface area contributed by atoms with Gasteiger partial charge in [-0.2, -0.15) is 10.4 Å². The lowest BCUT2D eigenvalue weighted by molar-refractivity contribution is 0.260. The van der Waals surface area contributed by atoms with Crippen LogP contribution in [0.5, 0.6) is 5.75 Å². The van der Waals surface area contributed by atoms with Gasteiger partial charge in [-0.15, -0.1) is 10.2 Å². The summed E-state index contributed by atoms with van der Waals surface area (Å²) in [5, 5.41) is 35.9. The molecule has 1 aliphatic heterocycles. The number of fused-ring (bicyclic) bond motifs is 1. The Labute approximate surface area is 253 Å². The van der Waals surface area contributed by atoms with E-state index in [0.717, 1.165) is 47.7 Å². The second-order valence-electron chi connectivity index (χ2n) is 11.1. The van der Waals surface area contributed by atoms with E-state index in [1.165, 1.54) is 12.1 Å². The number of aromatic nitrogens is 5. The lowest BCUT2D eigenvalue weighted by Gasteiger charge is -2.45. The summed E-state index contributed by atoms with van der Waals surface area (Å²) < 4.78 is 1.83. The molecule has 0 saturated carbocycles. The molecule has 4 N–H and O–H groups in total. The van der Waals surface area contributed by atoms with Gasteiger partial charge in [0.15, 0.2) is 11.5 Å². The topological polar surface area (TPSA) is 154 Å². The fraction of sp³-hybridized carbons (Fsp3) is 0.226. The number of nitrogens with two attached hydrogens (primary N) is 1. The molecule has 1 fully saturated rings. The van der Waals surface area contributed by atoms with Crippen LogP contribution in [0.1, 0.15) is 31.5 Å². The van der Waals surface area contributed by atoms with Gasteiger partial charge in [0.2, 0.25) is 0 Å². The molecule has 4 aromatic heterocycles. The highest BCUT2D eigenvalue weighted by Crippen LogP contribution is 2.37. The minimum atomic E-state index is -0.196. The van der Waals surface area contributed by atoms with Gasteiger partial charge in [-0.3, -0.25) is 4.98 Å². The molecule has 5 aromatic rings. The van der Waals surface area contributed by atoms with Crippen molar-refractivity contribution in [2.24, 2.45) is 16.1 Å². The van der Waals surface area contributed by atoms with E-state index < -0.39 is 0 Å². The first kappa shape index (κ1) is 27.9. The van der Waals surface area contributed by atoms with Crippen LogP contribution in [0.2, 0.25) is 5.02 Å². The van der Waals surface area contributed by atoms with Crippen molar-refractivity contribution in [1.29, 1.82) is 5.26 Å². The molecule has 43 heavy (non-hydrogen) atoms. The molecule has 0 amide bonds. The van der Waals surface area contributed by atoms with Gasteiger partial charge in [0, 0.05) is 54.8 Å². The fourth-order valence-corrected chi connectivity index (χ4v) is 5.65. The van der Waals surface area contributed by atoms with Gasteiger partial charge in [-0.25, -0.2) is 9.51 Å². The molecule has 1 saturated heterocycles. The van der Waals surface area contributed by atoms with Crippen LogP contribution in [0.4, 0.5) is 17.2 Å². The molecular weight excluding hydrogens is 564 g/mol. The van der Waals surface area contributed by atoms with Crippen molar-refractivity contribution >= 4 is 40.1 Å². The third kappa shape index (κ3) is 5.65. The van der Waals surface area contributed by atoms with E-state index in [2.05, 4.69) is 55.4 Å². The number of pyridine rings is 1. The second-order valence-corrected chi connectivity index (χ2v) is 11.6. The van der Waals surface area contributed by atoms with Crippen LogP contribution >= 0.6 is 11.6 Å². The Kier molecular flexibility index (Phi) is 7.29. The Morgan fingerprint density at radius 3 is 2.65 bits per heavy atom. The van der Waals surface area contributed by atoms with Crippen molar-refractivity contribution in [3.63, 3.8) is 0 Å². The second kappa shape index (κ2) is 11.2. The SMILES string of the molecule is CC1(C)CN(c2ccc(C#N)nn2)CCC1Nc1c(C(N)=Nc2ccc(O)cc2Cl)cnn2cc(-c3ccncc3)cc12. The predicted molar refractivity (Wildman–Crippen MR) is 167 cm³/mol. The van der Waals surface area contributed by atoms with Crippen LogP contribution in [-0.2, 0) is 0 Å². The van der Waals surface area contributed by atoms with Crippen molar-refractivity contribution in [2.75, 3.05) is 23.3 Å². The number of amidine groups is 1. The number of hydrogen-bond acceptors (Lipinski definition) is 9. The molecular formula is C31H29ClN10O. The van der Waals surface area contributed by atoms with Gasteiger partial charge in [0.25, 0.3) is 0 Å². The summed E-state index contributed by atoms with van der Waals surface area (Å²) in [7, 11) is 0. The molecule has 0 radical (unpaired) electrons. The van der Waals surface area contributed by atoms with E-state index in [0.29, 0.717) is 16.9 Å². The summed E-state index contributed by atoms with van der Waals surface area (Å²) in [6, 6.07) is 16.2. The lowest BCUT2D eigenvalue weighted by atomic mass is 9.78. The van der Waals surface area contributed by atoms with Gasteiger partial charge < -0.3 is 21.1 Å². The average Bonchev–Trinajstić information content (AvgIpc) is 3.45. The first-order valence-electron chi connectivity index (χ1n) is 13.7. The summed E-state index contributed by atoms with van der Waals surface area (Å²) in [4.78, 5) is 10.9. The van der Waals surface area contributed by atoms with Gasteiger partial charge >= 0.3 is 0 Å². The molecule has 0 aliphatic carbocycles. The van der Waals surface area contributed by atoms with Crippen LogP contribution in [0.15, 0.2) is 78.3 Å². The Bertz CT molecular complexity index is 1860. The zero-order valence-corrected chi connectivity index (χ0v) is 24.4. The third-order valence-corrected chi connectivity index (χ3v) is 8.04. The number of anilines is 2. The maximum atomic E-state index is 9.78. The van der Waals surface area contributed by atoms with Gasteiger partial charge in [-0.1, -0.05) is 25.4 Å². The number of aromatic hydroxyl groups is 1. The number of hydrogen-bond donors (Lipinski definition) is 3. The molecule has 1 unspecified atom stereocenters. The number of phenols is 1. The monoisotopic (exact) mass is 592 g/mol. The van der Waals surface area contributed by atoms with Crippen molar-refractivity contribution in [1.82, 2.24) is 24.8 Å². The number of halogens is 1. The van der Waals surface area contributed by atoms with Crippen molar-refractivity contribution < 1.29 is 5.11 Å². The highest BCUT2D eigenvalue weighted by molar-refractivity contribution is 6.33. The smallest absolute Gasteiger partial charge is 0.163 e. The summed E-state index contributed by atoms with van der Waals surface area (Å²) in [5.41, 5.74) is 11.4. The molecule has 12 heteroatoms. The molecule has 5 heterocycles. The Morgan fingerprint density at radius 1 is 1.14 bits per heavy atom. The molecule has 1 atom stereocenters. The van der Waals surface area contributed by atoms with Crippen LogP contribution in [0, 0.1) is 16.7 Å². The molecule has 1 aromatic carbocycles. The van der Waals surface area contributed by atoms with Crippen LogP contribution in [-0.4, -0.2) is 54.9 Å². The fourth-order valence-electron chi connectivity index (χ4n) is 5.43. The number of phenolic OH excluding ortho intramolecular Hbond substituents is 1. The minimum absolute atomic E-state index is 0.0466. The highest BCUT2D eigenvalue weighted by Gasteiger charge is 2.37. The van der Waals surface area contributed by atoms with E-state index in [1.54, 1.807) is 30.7 Å². The summed E-state index contributed by atoms with van der Waals surface area (Å²) in [5.74, 6) is 1.03. The van der Waals surface area contributed by atoms with E-state index >= 15 is 0 Å². The summed E-state index contributed by atoms with van der Waals surface area (Å²) in [6.45, 7) is 5.88. The number of nitrogens with one attached hydrogen (secondary N) is 1. The Morgan fingerprint density at radius 2 is 1.95 bits per heavy atom. The van der Waals surface area contributed by atoms with Crippen molar-refractivity contribution in [3.05, 3.63) is 89.6 Å². The van der Waals surface area contributed by atoms with E-state index in [-0.39, 0.29) is 28.1 Å². The van der Waals surface area contributed by atoms with Gasteiger partial charge in [-0.05, 0) is 54.4 Å². The maximum Gasteiger partial charge on any atom is 0.163 e. The number of rotatable bonds is 6. The Balaban J connectivity index is 1.38. The number of nitriles is 1. The molecule has 0 spiro atoms. The predicted octanol–water partition coefficient (Wildman–Crippen LogP) is 5.17. The van der Waals surface area contributed by atoms with Crippen molar-refractivity contribution in [3.8, 4) is 22.9 Å². The molecule has 216 valence electrons. The maximum absolute atomic E-state index is 9.78. The van der Waals surface area contributed by atoms with Crippen LogP contribution in [0.3, 0.4) is 0 Å². The zero-order valence-electron chi connectivity index (χ0n) is 23.6. The van der Waals surface area contributed by atoms with E-state index in [4.69, 9.17) is 22.6 Å². The minimum Gasteiger partial charge on any atom is -0.508 e. The number of benzene rings is 1. The average molecular weight is 593 g/mol. The number of aliphatic imine (C=N–C) groups is 1. The molecule has 6 rings (SSSR count). The van der Waals surface area contributed by atoms with E-state index in [1.807, 2.05) is 35.0 Å². The highest BCUT2D eigenvalue weighted by atomic mass is 35.5. The Hall–Kier alpha value is -5.21. The van der Waals surface area contributed by atoms with Gasteiger partial charge in [0.1, 0.15) is 17.7 Å². The number of piperidine rings is 1. The molecule has 0 bridgehead atoms. The zero-order chi connectivity index (χ0) is 30.1. The van der Waals surface area contributed by atoms with Gasteiger partial charge in [0.05, 0.1) is 33.7 Å². The largest absolute Gasteiger partial charge is 0.508 e. The van der Waals surface area contributed by atoms with Crippen LogP contribution < -0.4 is 16.0 Å². The standard InChI is InChI=1S/C31H29ClN10O/c1-31(2)18-41(28-6-3-21(15-33)39-40-28)12-9-27(31)38-29-23(30(34)37-25-5-4-22(43)14-24(25)32)16-36-42-17-20(13-26(29)42)19-7-10-35-11-8-19/h3-8,10-11,13-14,16-17,27,38,43H,9,12,18H2,1-2H3,(H2,34,37). The third-order valence-electron chi connectivity index (χ3n) is 7.74. The van der Waals surface area contributed by atoms with Crippen LogP contribution in [0.25, 0.3) is 16.6 Å². The summed E-state index contributed by atoms with van der Waals surface area (Å²) in [6.07, 6.45) is 8.00. The quantitative estimate of drug-likeness (QED) is 0.179. The normalized spacial score (nSPS) is 16.7. The van der Waals surface area contributed by atoms with Crippen molar-refractivity contribution in [2.45, 2.75) is 26.3 Å². The first-order valence-corrected chi connectivity index (χ1v) is 14.1. The molecule has 11 nitrogen and oxygen atoms in total.